The number of anilines is 2. The van der Waals surface area contributed by atoms with Gasteiger partial charge in [-0.05, 0) is 36.2 Å². The van der Waals surface area contributed by atoms with Gasteiger partial charge in [-0.15, -0.1) is 0 Å². The highest BCUT2D eigenvalue weighted by molar-refractivity contribution is 5.93. The topological polar surface area (TPSA) is 62.2 Å². The van der Waals surface area contributed by atoms with Crippen LogP contribution in [0.4, 0.5) is 11.6 Å². The molecule has 0 unspecified atom stereocenters. The van der Waals surface area contributed by atoms with Gasteiger partial charge in [0.1, 0.15) is 0 Å². The van der Waals surface area contributed by atoms with Gasteiger partial charge >= 0.3 is 0 Å². The fourth-order valence-electron chi connectivity index (χ4n) is 2.54. The second-order valence-corrected chi connectivity index (χ2v) is 6.00. The molecule has 3 aromatic rings. The largest absolute Gasteiger partial charge is 0.341 e. The number of carbonyl (C=O) groups is 1. The minimum absolute atomic E-state index is 0.0898. The first-order chi connectivity index (χ1) is 12.6. The quantitative estimate of drug-likeness (QED) is 0.686. The lowest BCUT2D eigenvalue weighted by atomic mass is 10.2. The van der Waals surface area contributed by atoms with Crippen LogP contribution in [0.25, 0.3) is 0 Å². The Morgan fingerprint density at radius 3 is 2.27 bits per heavy atom. The van der Waals surface area contributed by atoms with Gasteiger partial charge in [-0.3, -0.25) is 9.78 Å². The molecule has 26 heavy (non-hydrogen) atoms. The van der Waals surface area contributed by atoms with Gasteiger partial charge in [0.15, 0.2) is 0 Å². The van der Waals surface area contributed by atoms with Gasteiger partial charge < -0.3 is 9.80 Å². The number of benzene rings is 1. The molecule has 0 aliphatic carbocycles. The first kappa shape index (κ1) is 17.5. The molecule has 2 aromatic heterocycles. The van der Waals surface area contributed by atoms with Crippen LogP contribution in [0, 0.1) is 0 Å². The van der Waals surface area contributed by atoms with E-state index in [0.29, 0.717) is 18.1 Å². The van der Waals surface area contributed by atoms with Crippen LogP contribution < -0.4 is 4.90 Å². The number of carbonyl (C=O) groups excluding carboxylic acids is 1. The van der Waals surface area contributed by atoms with E-state index < -0.39 is 0 Å². The highest BCUT2D eigenvalue weighted by Crippen LogP contribution is 2.19. The molecule has 0 bridgehead atoms. The molecule has 0 spiro atoms. The molecule has 6 heteroatoms. The van der Waals surface area contributed by atoms with E-state index in [2.05, 4.69) is 15.0 Å². The molecule has 6 nitrogen and oxygen atoms in total. The summed E-state index contributed by atoms with van der Waals surface area (Å²) >= 11 is 0. The molecule has 0 aliphatic heterocycles. The molecule has 0 N–H and O–H groups in total. The van der Waals surface area contributed by atoms with Gasteiger partial charge in [-0.1, -0.05) is 18.2 Å². The maximum atomic E-state index is 12.5. The third-order valence-electron chi connectivity index (χ3n) is 4.16. The summed E-state index contributed by atoms with van der Waals surface area (Å²) in [4.78, 5) is 28.8. The van der Waals surface area contributed by atoms with E-state index in [9.17, 15) is 4.79 Å². The maximum absolute atomic E-state index is 12.5. The second-order valence-electron chi connectivity index (χ2n) is 6.00. The highest BCUT2D eigenvalue weighted by atomic mass is 16.2. The lowest BCUT2D eigenvalue weighted by molar-refractivity contribution is 0.0796. The van der Waals surface area contributed by atoms with Gasteiger partial charge in [-0.2, -0.15) is 0 Å². The van der Waals surface area contributed by atoms with Crippen molar-refractivity contribution in [1.29, 1.82) is 0 Å². The number of hydrogen-bond acceptors (Lipinski definition) is 5. The normalized spacial score (nSPS) is 10.4. The maximum Gasteiger partial charge on any atom is 0.256 e. The standard InChI is InChI=1S/C20H21N5O/c1-24(13-10-16-8-11-21-12-9-16)19(26)17-14-22-20(23-15-17)25(2)18-6-4-3-5-7-18/h3-9,11-12,14-15H,10,13H2,1-2H3. The number of nitrogens with zero attached hydrogens (tertiary/aromatic N) is 5. The zero-order valence-corrected chi connectivity index (χ0v) is 14.9. The van der Waals surface area contributed by atoms with Gasteiger partial charge in [0.25, 0.3) is 5.91 Å². The van der Waals surface area contributed by atoms with E-state index in [0.717, 1.165) is 17.7 Å². The lowest BCUT2D eigenvalue weighted by Gasteiger charge is -2.19. The summed E-state index contributed by atoms with van der Waals surface area (Å²) in [5, 5.41) is 0. The van der Waals surface area contributed by atoms with E-state index in [-0.39, 0.29) is 5.91 Å². The Labute approximate surface area is 153 Å². The second kappa shape index (κ2) is 8.20. The number of hydrogen-bond donors (Lipinski definition) is 0. The molecule has 2 heterocycles. The number of pyridine rings is 1. The zero-order valence-electron chi connectivity index (χ0n) is 14.9. The molecular weight excluding hydrogens is 326 g/mol. The molecule has 0 atom stereocenters. The summed E-state index contributed by atoms with van der Waals surface area (Å²) in [5.41, 5.74) is 2.62. The van der Waals surface area contributed by atoms with Crippen LogP contribution >= 0.6 is 0 Å². The van der Waals surface area contributed by atoms with Crippen molar-refractivity contribution in [2.75, 3.05) is 25.5 Å². The Morgan fingerprint density at radius 1 is 0.962 bits per heavy atom. The number of rotatable bonds is 6. The van der Waals surface area contributed by atoms with E-state index in [4.69, 9.17) is 0 Å². The molecule has 3 rings (SSSR count). The van der Waals surface area contributed by atoms with Crippen molar-refractivity contribution in [2.45, 2.75) is 6.42 Å². The Hall–Kier alpha value is -3.28. The Balaban J connectivity index is 1.63. The van der Waals surface area contributed by atoms with Crippen molar-refractivity contribution < 1.29 is 4.79 Å². The predicted octanol–water partition coefficient (Wildman–Crippen LogP) is 2.95. The predicted molar refractivity (Wildman–Crippen MR) is 101 cm³/mol. The molecule has 1 amide bonds. The summed E-state index contributed by atoms with van der Waals surface area (Å²) in [7, 11) is 3.68. The van der Waals surface area contributed by atoms with E-state index in [1.54, 1.807) is 36.7 Å². The van der Waals surface area contributed by atoms with Crippen LogP contribution in [0.3, 0.4) is 0 Å². The Morgan fingerprint density at radius 2 is 1.62 bits per heavy atom. The number of aromatic nitrogens is 3. The van der Waals surface area contributed by atoms with Crippen molar-refractivity contribution in [3.05, 3.63) is 78.4 Å². The summed E-state index contributed by atoms with van der Waals surface area (Å²) < 4.78 is 0. The number of amides is 1. The Bertz CT molecular complexity index is 837. The minimum atomic E-state index is -0.0898. The van der Waals surface area contributed by atoms with Crippen LogP contribution in [0.5, 0.6) is 0 Å². The molecule has 0 aliphatic rings. The van der Waals surface area contributed by atoms with Crippen LogP contribution in [-0.2, 0) is 6.42 Å². The average Bonchev–Trinajstić information content (AvgIpc) is 2.72. The van der Waals surface area contributed by atoms with E-state index in [1.807, 2.05) is 54.4 Å². The first-order valence-corrected chi connectivity index (χ1v) is 8.40. The van der Waals surface area contributed by atoms with Crippen molar-refractivity contribution in [3.8, 4) is 0 Å². The number of para-hydroxylation sites is 1. The fraction of sp³-hybridized carbons (Fsp3) is 0.200. The van der Waals surface area contributed by atoms with Crippen LogP contribution in [0.2, 0.25) is 0 Å². The zero-order chi connectivity index (χ0) is 18.4. The van der Waals surface area contributed by atoms with Crippen molar-refractivity contribution in [2.24, 2.45) is 0 Å². The van der Waals surface area contributed by atoms with Gasteiger partial charge in [-0.25, -0.2) is 9.97 Å². The summed E-state index contributed by atoms with van der Waals surface area (Å²) in [5.74, 6) is 0.458. The molecular formula is C20H21N5O. The van der Waals surface area contributed by atoms with Gasteiger partial charge in [0.2, 0.25) is 5.95 Å². The third kappa shape index (κ3) is 4.22. The molecule has 0 saturated carbocycles. The summed E-state index contributed by atoms with van der Waals surface area (Å²) in [6.07, 6.45) is 7.44. The number of likely N-dealkylation sites (N-methyl/N-ethyl adjacent to an activating group) is 1. The monoisotopic (exact) mass is 347 g/mol. The van der Waals surface area contributed by atoms with Crippen LogP contribution in [0.1, 0.15) is 15.9 Å². The molecule has 0 saturated heterocycles. The third-order valence-corrected chi connectivity index (χ3v) is 4.16. The SMILES string of the molecule is CN(CCc1ccncc1)C(=O)c1cnc(N(C)c2ccccc2)nc1. The van der Waals surface area contributed by atoms with Crippen molar-refractivity contribution in [3.63, 3.8) is 0 Å². The smallest absolute Gasteiger partial charge is 0.256 e. The van der Waals surface area contributed by atoms with Crippen molar-refractivity contribution in [1.82, 2.24) is 19.9 Å². The highest BCUT2D eigenvalue weighted by Gasteiger charge is 2.14. The summed E-state index contributed by atoms with van der Waals surface area (Å²) in [6.45, 7) is 0.620. The molecule has 132 valence electrons. The molecule has 0 fully saturated rings. The van der Waals surface area contributed by atoms with Crippen molar-refractivity contribution >= 4 is 17.5 Å². The molecule has 1 aromatic carbocycles. The van der Waals surface area contributed by atoms with E-state index in [1.165, 1.54) is 0 Å². The van der Waals surface area contributed by atoms with Crippen LogP contribution in [-0.4, -0.2) is 46.4 Å². The average molecular weight is 347 g/mol. The first-order valence-electron chi connectivity index (χ1n) is 8.40. The van der Waals surface area contributed by atoms with Gasteiger partial charge in [0, 0.05) is 51.1 Å². The Kier molecular flexibility index (Phi) is 5.53. The molecule has 0 radical (unpaired) electrons. The fourth-order valence-corrected chi connectivity index (χ4v) is 2.54. The lowest BCUT2D eigenvalue weighted by Crippen LogP contribution is -2.29. The van der Waals surface area contributed by atoms with E-state index >= 15 is 0 Å². The van der Waals surface area contributed by atoms with Crippen LogP contribution in [0.15, 0.2) is 67.3 Å². The minimum Gasteiger partial charge on any atom is -0.341 e. The summed E-state index contributed by atoms with van der Waals surface area (Å²) in [6, 6.07) is 13.8. The van der Waals surface area contributed by atoms with Gasteiger partial charge in [0.05, 0.1) is 5.56 Å².